The molecule has 1 fully saturated rings. The molecule has 0 saturated carbocycles. The van der Waals surface area contributed by atoms with Gasteiger partial charge in [-0.15, -0.1) is 11.3 Å². The van der Waals surface area contributed by atoms with Gasteiger partial charge in [0.1, 0.15) is 23.0 Å². The average molecular weight is 584 g/mol. The number of rotatable bonds is 11. The highest BCUT2D eigenvalue weighted by atomic mass is 32.2. The van der Waals surface area contributed by atoms with Crippen LogP contribution in [0.3, 0.4) is 0 Å². The summed E-state index contributed by atoms with van der Waals surface area (Å²) in [5, 5.41) is 10.1. The lowest BCUT2D eigenvalue weighted by Gasteiger charge is -2.46. The molecule has 0 unspecified atom stereocenters. The van der Waals surface area contributed by atoms with Crippen LogP contribution in [0, 0.1) is 11.8 Å². The number of aromatic nitrogens is 2. The molecule has 0 bridgehead atoms. The second kappa shape index (κ2) is 11.3. The van der Waals surface area contributed by atoms with Crippen molar-refractivity contribution < 1.29 is 42.1 Å². The van der Waals surface area contributed by atoms with Crippen molar-refractivity contribution in [3.63, 3.8) is 0 Å². The Kier molecular flexibility index (Phi) is 8.38. The van der Waals surface area contributed by atoms with Gasteiger partial charge in [0, 0.05) is 23.9 Å². The van der Waals surface area contributed by atoms with E-state index in [2.05, 4.69) is 4.98 Å². The number of esters is 1. The Morgan fingerprint density at radius 2 is 1.87 bits per heavy atom. The molecule has 14 heteroatoms. The summed E-state index contributed by atoms with van der Waals surface area (Å²) in [6, 6.07) is -0.487. The van der Waals surface area contributed by atoms with Gasteiger partial charge < -0.3 is 24.2 Å². The molecule has 1 amide bonds. The highest BCUT2D eigenvalue weighted by molar-refractivity contribution is 7.91. The van der Waals surface area contributed by atoms with Crippen molar-refractivity contribution in [3.8, 4) is 0 Å². The van der Waals surface area contributed by atoms with Crippen LogP contribution in [0.5, 0.6) is 0 Å². The zero-order valence-corrected chi connectivity index (χ0v) is 24.1. The number of aliphatic hydroxyl groups is 1. The van der Waals surface area contributed by atoms with Gasteiger partial charge in [0.15, 0.2) is 14.9 Å². The molecule has 2 aliphatic rings. The Morgan fingerprint density at radius 3 is 2.46 bits per heavy atom. The summed E-state index contributed by atoms with van der Waals surface area (Å²) < 4.78 is 41.4. The summed E-state index contributed by atoms with van der Waals surface area (Å²) in [5.41, 5.74) is 0.447. The van der Waals surface area contributed by atoms with E-state index in [0.29, 0.717) is 28.1 Å². The molecule has 12 nitrogen and oxygen atoms in total. The van der Waals surface area contributed by atoms with Gasteiger partial charge in [-0.05, 0) is 19.8 Å². The van der Waals surface area contributed by atoms with E-state index >= 15 is 0 Å². The number of hydrogen-bond acceptors (Lipinski definition) is 11. The molecule has 0 aromatic carbocycles. The maximum atomic E-state index is 13.3. The zero-order chi connectivity index (χ0) is 28.6. The number of carbonyl (C=O) groups is 3. The average Bonchev–Trinajstić information content (AvgIpc) is 3.48. The number of β-lactam (4-membered cyclic amide) rings is 1. The molecular formula is C25H33N3O9S2. The van der Waals surface area contributed by atoms with Crippen molar-refractivity contribution in [2.24, 2.45) is 11.8 Å². The quantitative estimate of drug-likeness (QED) is 0.237. The molecule has 4 rings (SSSR count). The topological polar surface area (TPSA) is 154 Å². The van der Waals surface area contributed by atoms with Gasteiger partial charge in [0.05, 0.1) is 22.9 Å². The smallest absolute Gasteiger partial charge is 0.431 e. The SMILES string of the molecule is CCCC(CCC)OC(=O)OCOC(=O)C1=C(c2cn3cnc(S(C)(=O)=O)c3s2)[C@H](C)[C@@H]2[C@@H]([C@@H](C)O)C(=O)N12. The van der Waals surface area contributed by atoms with Gasteiger partial charge in [-0.3, -0.25) is 9.20 Å². The van der Waals surface area contributed by atoms with E-state index in [4.69, 9.17) is 14.2 Å². The first-order valence-corrected chi connectivity index (χ1v) is 15.5. The Labute approximate surface area is 230 Å². The van der Waals surface area contributed by atoms with Crippen LogP contribution in [0.4, 0.5) is 4.79 Å². The van der Waals surface area contributed by atoms with Crippen molar-refractivity contribution in [1.29, 1.82) is 0 Å². The van der Waals surface area contributed by atoms with Crippen LogP contribution in [0.25, 0.3) is 10.4 Å². The van der Waals surface area contributed by atoms with Crippen molar-refractivity contribution in [2.45, 2.75) is 76.7 Å². The van der Waals surface area contributed by atoms with Gasteiger partial charge in [0.2, 0.25) is 12.7 Å². The second-order valence-electron chi connectivity index (χ2n) is 9.91. The zero-order valence-electron chi connectivity index (χ0n) is 22.4. The van der Waals surface area contributed by atoms with E-state index in [-0.39, 0.29) is 22.7 Å². The first-order valence-electron chi connectivity index (χ1n) is 12.8. The fraction of sp³-hybridized carbons (Fsp3) is 0.600. The van der Waals surface area contributed by atoms with Gasteiger partial charge >= 0.3 is 12.1 Å². The van der Waals surface area contributed by atoms with E-state index in [1.165, 1.54) is 18.2 Å². The largest absolute Gasteiger partial charge is 0.511 e. The monoisotopic (exact) mass is 583 g/mol. The minimum atomic E-state index is -3.60. The summed E-state index contributed by atoms with van der Waals surface area (Å²) in [4.78, 5) is 44.6. The lowest BCUT2D eigenvalue weighted by molar-refractivity contribution is -0.167. The number of carbonyl (C=O) groups excluding carboxylic acids is 3. The summed E-state index contributed by atoms with van der Waals surface area (Å²) in [6.07, 6.45) is 4.93. The van der Waals surface area contributed by atoms with Crippen LogP contribution in [0.1, 0.15) is 58.3 Å². The number of fused-ring (bicyclic) bond motifs is 2. The normalized spacial score (nSPS) is 21.8. The molecule has 4 heterocycles. The Morgan fingerprint density at radius 1 is 1.21 bits per heavy atom. The van der Waals surface area contributed by atoms with E-state index < -0.39 is 52.7 Å². The Bertz CT molecular complexity index is 1400. The van der Waals surface area contributed by atoms with E-state index in [0.717, 1.165) is 30.4 Å². The summed E-state index contributed by atoms with van der Waals surface area (Å²) in [7, 11) is -3.60. The molecule has 1 saturated heterocycles. The molecule has 0 spiro atoms. The predicted octanol–water partition coefficient (Wildman–Crippen LogP) is 2.99. The molecule has 1 N–H and O–H groups in total. The third kappa shape index (κ3) is 5.41. The number of aliphatic hydroxyl groups excluding tert-OH is 1. The van der Waals surface area contributed by atoms with Crippen LogP contribution in [-0.2, 0) is 33.6 Å². The van der Waals surface area contributed by atoms with E-state index in [9.17, 15) is 27.9 Å². The molecule has 2 aromatic heterocycles. The third-order valence-corrected chi connectivity index (χ3v) is 9.29. The Balaban J connectivity index is 1.60. The molecular weight excluding hydrogens is 550 g/mol. The second-order valence-corrected chi connectivity index (χ2v) is 12.9. The van der Waals surface area contributed by atoms with Gasteiger partial charge in [-0.2, -0.15) is 0 Å². The maximum Gasteiger partial charge on any atom is 0.511 e. The summed E-state index contributed by atoms with van der Waals surface area (Å²) in [6.45, 7) is 6.59. The van der Waals surface area contributed by atoms with E-state index in [1.807, 2.05) is 20.8 Å². The van der Waals surface area contributed by atoms with Crippen molar-refractivity contribution >= 4 is 49.6 Å². The fourth-order valence-corrected chi connectivity index (χ4v) is 7.67. The molecule has 0 aliphatic carbocycles. The standard InChI is InChI=1S/C25H33N3O9S2/c1-6-8-15(9-7-2)37-25(32)36-12-35-24(31)20-17(13(3)19-18(14(4)29)22(30)28(19)20)16-10-27-11-26-21(23(27)38-16)39(5,33)34/h10-11,13-15,18-19,29H,6-9,12H2,1-5H3/t13-,14+,18+,19+/m0/s1. The molecule has 39 heavy (non-hydrogen) atoms. The Hall–Kier alpha value is -2.97. The van der Waals surface area contributed by atoms with Crippen molar-refractivity contribution in [2.75, 3.05) is 13.0 Å². The molecule has 0 radical (unpaired) electrons. The molecule has 4 atom stereocenters. The van der Waals surface area contributed by atoms with Crippen LogP contribution < -0.4 is 0 Å². The van der Waals surface area contributed by atoms with Crippen LogP contribution >= 0.6 is 11.3 Å². The number of imidazole rings is 1. The van der Waals surface area contributed by atoms with Crippen molar-refractivity contribution in [1.82, 2.24) is 14.3 Å². The number of amides is 1. The third-order valence-electron chi connectivity index (χ3n) is 7.01. The van der Waals surface area contributed by atoms with Crippen molar-refractivity contribution in [3.05, 3.63) is 23.1 Å². The summed E-state index contributed by atoms with van der Waals surface area (Å²) >= 11 is 1.12. The fourth-order valence-electron chi connectivity index (χ4n) is 5.32. The summed E-state index contributed by atoms with van der Waals surface area (Å²) in [5.74, 6) is -2.40. The van der Waals surface area contributed by atoms with Gasteiger partial charge in [0.25, 0.3) is 0 Å². The first kappa shape index (κ1) is 29.0. The lowest BCUT2D eigenvalue weighted by atomic mass is 9.77. The van der Waals surface area contributed by atoms with Crippen LogP contribution in [0.15, 0.2) is 23.2 Å². The van der Waals surface area contributed by atoms with Gasteiger partial charge in [-0.1, -0.05) is 33.6 Å². The maximum absolute atomic E-state index is 13.3. The molecule has 214 valence electrons. The lowest BCUT2D eigenvalue weighted by Crippen LogP contribution is -2.63. The molecule has 2 aliphatic heterocycles. The van der Waals surface area contributed by atoms with Crippen LogP contribution in [-0.4, -0.2) is 77.1 Å². The highest BCUT2D eigenvalue weighted by Gasteiger charge is 2.60. The minimum Gasteiger partial charge on any atom is -0.431 e. The number of nitrogens with zero attached hydrogens (tertiary/aromatic N) is 3. The minimum absolute atomic E-state index is 0.0282. The molecule has 2 aromatic rings. The number of ether oxygens (including phenoxy) is 3. The predicted molar refractivity (Wildman–Crippen MR) is 140 cm³/mol. The number of sulfone groups is 1. The number of thiazole rings is 1. The highest BCUT2D eigenvalue weighted by Crippen LogP contribution is 2.51. The number of hydrogen-bond donors (Lipinski definition) is 1. The first-order chi connectivity index (χ1) is 18.4. The van der Waals surface area contributed by atoms with E-state index in [1.54, 1.807) is 10.6 Å². The van der Waals surface area contributed by atoms with Gasteiger partial charge in [-0.25, -0.2) is 23.0 Å². The van der Waals surface area contributed by atoms with Crippen LogP contribution in [0.2, 0.25) is 0 Å².